The van der Waals surface area contributed by atoms with E-state index in [-0.39, 0.29) is 18.1 Å². The molecule has 0 aliphatic carbocycles. The van der Waals surface area contributed by atoms with Gasteiger partial charge in [-0.25, -0.2) is 9.37 Å². The summed E-state index contributed by atoms with van der Waals surface area (Å²) in [5.74, 6) is -0.382. The number of carbonyl (C=O) groups is 1. The number of nitrogens with one attached hydrogen (secondary N) is 2. The number of rotatable bonds is 5. The minimum absolute atomic E-state index is 0.0984. The number of hydrogen-bond donors (Lipinski definition) is 2. The zero-order valence-electron chi connectivity index (χ0n) is 14.9. The molecule has 0 spiro atoms. The van der Waals surface area contributed by atoms with E-state index >= 15 is 0 Å². The molecule has 0 unspecified atom stereocenters. The lowest BCUT2D eigenvalue weighted by molar-refractivity contribution is -0.115. The Morgan fingerprint density at radius 3 is 2.42 bits per heavy atom. The zero-order valence-corrected chi connectivity index (χ0v) is 15.7. The van der Waals surface area contributed by atoms with Crippen molar-refractivity contribution in [2.45, 2.75) is 27.2 Å². The van der Waals surface area contributed by atoms with Crippen LogP contribution in [0.2, 0.25) is 0 Å². The van der Waals surface area contributed by atoms with Crippen LogP contribution in [0.5, 0.6) is 0 Å². The van der Waals surface area contributed by atoms with Gasteiger partial charge in [-0.1, -0.05) is 17.7 Å². The van der Waals surface area contributed by atoms with Crippen molar-refractivity contribution >= 4 is 33.8 Å². The first-order valence-corrected chi connectivity index (χ1v) is 9.13. The molecule has 0 bridgehead atoms. The summed E-state index contributed by atoms with van der Waals surface area (Å²) in [6, 6.07) is 10.2. The Kier molecular flexibility index (Phi) is 5.32. The molecule has 0 saturated carbocycles. The van der Waals surface area contributed by atoms with Gasteiger partial charge < -0.3 is 10.6 Å². The first kappa shape index (κ1) is 18.1. The van der Waals surface area contributed by atoms with E-state index < -0.39 is 0 Å². The van der Waals surface area contributed by atoms with E-state index in [1.807, 2.05) is 26.2 Å². The second kappa shape index (κ2) is 7.66. The fourth-order valence-corrected chi connectivity index (χ4v) is 3.56. The quantitative estimate of drug-likeness (QED) is 0.655. The molecule has 1 aromatic heterocycles. The molecule has 0 atom stereocenters. The zero-order chi connectivity index (χ0) is 18.7. The molecule has 2 N–H and O–H groups in total. The summed E-state index contributed by atoms with van der Waals surface area (Å²) in [5, 5.41) is 8.61. The van der Waals surface area contributed by atoms with E-state index in [4.69, 9.17) is 0 Å². The Morgan fingerprint density at radius 1 is 1.12 bits per heavy atom. The Hall–Kier alpha value is -2.73. The number of aromatic nitrogens is 1. The molecular weight excluding hydrogens is 349 g/mol. The molecule has 3 rings (SSSR count). The van der Waals surface area contributed by atoms with E-state index in [9.17, 15) is 9.18 Å². The SMILES string of the molecule is Cc1cc(C)c(NC(=O)Cc2csc(Nc3ccc(F)cc3)n2)c(C)c1. The van der Waals surface area contributed by atoms with Gasteiger partial charge >= 0.3 is 0 Å². The predicted molar refractivity (Wildman–Crippen MR) is 105 cm³/mol. The molecule has 0 aliphatic rings. The van der Waals surface area contributed by atoms with Crippen molar-refractivity contribution in [3.63, 3.8) is 0 Å². The first-order chi connectivity index (χ1) is 12.4. The first-order valence-electron chi connectivity index (χ1n) is 8.25. The Balaban J connectivity index is 1.64. The minimum atomic E-state index is -0.284. The molecule has 0 fully saturated rings. The predicted octanol–water partition coefficient (Wildman–Crippen LogP) is 5.13. The summed E-state index contributed by atoms with van der Waals surface area (Å²) in [5.41, 5.74) is 5.58. The second-order valence-corrected chi connectivity index (χ2v) is 7.13. The van der Waals surface area contributed by atoms with Gasteiger partial charge in [-0.3, -0.25) is 4.79 Å². The van der Waals surface area contributed by atoms with Crippen LogP contribution in [0, 0.1) is 26.6 Å². The summed E-state index contributed by atoms with van der Waals surface area (Å²) in [6.07, 6.45) is 0.203. The van der Waals surface area contributed by atoms with Crippen LogP contribution in [0.3, 0.4) is 0 Å². The van der Waals surface area contributed by atoms with Crippen molar-refractivity contribution in [2.24, 2.45) is 0 Å². The highest BCUT2D eigenvalue weighted by atomic mass is 32.1. The van der Waals surface area contributed by atoms with Gasteiger partial charge in [-0.2, -0.15) is 0 Å². The van der Waals surface area contributed by atoms with Crippen molar-refractivity contribution < 1.29 is 9.18 Å². The summed E-state index contributed by atoms with van der Waals surface area (Å²) < 4.78 is 12.9. The van der Waals surface area contributed by atoms with E-state index in [0.29, 0.717) is 10.8 Å². The van der Waals surface area contributed by atoms with E-state index in [2.05, 4.69) is 27.8 Å². The molecule has 6 heteroatoms. The van der Waals surface area contributed by atoms with Gasteiger partial charge in [0.1, 0.15) is 5.82 Å². The van der Waals surface area contributed by atoms with Crippen LogP contribution in [0.25, 0.3) is 0 Å². The van der Waals surface area contributed by atoms with Crippen LogP contribution in [-0.4, -0.2) is 10.9 Å². The van der Waals surface area contributed by atoms with E-state index in [1.54, 1.807) is 12.1 Å². The van der Waals surface area contributed by atoms with Crippen molar-refractivity contribution in [3.8, 4) is 0 Å². The highest BCUT2D eigenvalue weighted by molar-refractivity contribution is 7.13. The Labute approximate surface area is 156 Å². The third-order valence-electron chi connectivity index (χ3n) is 3.93. The van der Waals surface area contributed by atoms with Gasteiger partial charge in [0.05, 0.1) is 12.1 Å². The third kappa shape index (κ3) is 4.46. The van der Waals surface area contributed by atoms with Gasteiger partial charge in [0.15, 0.2) is 5.13 Å². The molecule has 4 nitrogen and oxygen atoms in total. The molecule has 0 aliphatic heterocycles. The van der Waals surface area contributed by atoms with Crippen LogP contribution in [0.15, 0.2) is 41.8 Å². The van der Waals surface area contributed by atoms with Gasteiger partial charge in [0, 0.05) is 16.8 Å². The normalized spacial score (nSPS) is 10.6. The van der Waals surface area contributed by atoms with Crippen molar-refractivity contribution in [3.05, 3.63) is 70.0 Å². The van der Waals surface area contributed by atoms with Crippen LogP contribution in [0.1, 0.15) is 22.4 Å². The second-order valence-electron chi connectivity index (χ2n) is 6.27. The fourth-order valence-electron chi connectivity index (χ4n) is 2.83. The van der Waals surface area contributed by atoms with Crippen LogP contribution < -0.4 is 10.6 Å². The topological polar surface area (TPSA) is 54.0 Å². The van der Waals surface area contributed by atoms with E-state index in [1.165, 1.54) is 29.0 Å². The Morgan fingerprint density at radius 2 is 1.77 bits per heavy atom. The highest BCUT2D eigenvalue weighted by Crippen LogP contribution is 2.24. The third-order valence-corrected chi connectivity index (χ3v) is 4.74. The Bertz CT molecular complexity index is 911. The van der Waals surface area contributed by atoms with E-state index in [0.717, 1.165) is 22.5 Å². The molecular formula is C20H20FN3OS. The number of benzene rings is 2. The van der Waals surface area contributed by atoms with Crippen molar-refractivity contribution in [1.29, 1.82) is 0 Å². The van der Waals surface area contributed by atoms with Gasteiger partial charge in [-0.05, 0) is 56.2 Å². The number of halogens is 1. The average molecular weight is 369 g/mol. The maximum atomic E-state index is 12.9. The number of hydrogen-bond acceptors (Lipinski definition) is 4. The molecule has 1 amide bonds. The molecule has 1 heterocycles. The summed E-state index contributed by atoms with van der Waals surface area (Å²) in [7, 11) is 0. The highest BCUT2D eigenvalue weighted by Gasteiger charge is 2.11. The van der Waals surface area contributed by atoms with Crippen LogP contribution >= 0.6 is 11.3 Å². The number of aryl methyl sites for hydroxylation is 3. The molecule has 0 radical (unpaired) electrons. The lowest BCUT2D eigenvalue weighted by Crippen LogP contribution is -2.16. The number of amides is 1. The lowest BCUT2D eigenvalue weighted by Gasteiger charge is -2.12. The molecule has 134 valence electrons. The maximum Gasteiger partial charge on any atom is 0.230 e. The van der Waals surface area contributed by atoms with Gasteiger partial charge in [0.25, 0.3) is 0 Å². The standard InChI is InChI=1S/C20H20FN3OS/c1-12-8-13(2)19(14(3)9-12)24-18(25)10-17-11-26-20(23-17)22-16-6-4-15(21)5-7-16/h4-9,11H,10H2,1-3H3,(H,22,23)(H,24,25). The van der Waals surface area contributed by atoms with Crippen LogP contribution in [-0.2, 0) is 11.2 Å². The number of anilines is 3. The molecule has 2 aromatic carbocycles. The number of nitrogens with zero attached hydrogens (tertiary/aromatic N) is 1. The fraction of sp³-hybridized carbons (Fsp3) is 0.200. The summed E-state index contributed by atoms with van der Waals surface area (Å²) in [4.78, 5) is 16.8. The number of carbonyl (C=O) groups excluding carboxylic acids is 1. The molecule has 26 heavy (non-hydrogen) atoms. The molecule has 0 saturated heterocycles. The minimum Gasteiger partial charge on any atom is -0.332 e. The lowest BCUT2D eigenvalue weighted by atomic mass is 10.0. The van der Waals surface area contributed by atoms with Gasteiger partial charge in [-0.15, -0.1) is 11.3 Å². The monoisotopic (exact) mass is 369 g/mol. The summed E-state index contributed by atoms with van der Waals surface area (Å²) >= 11 is 1.41. The molecule has 3 aromatic rings. The number of thiazole rings is 1. The van der Waals surface area contributed by atoms with Crippen molar-refractivity contribution in [1.82, 2.24) is 4.98 Å². The van der Waals surface area contributed by atoms with Crippen molar-refractivity contribution in [2.75, 3.05) is 10.6 Å². The smallest absolute Gasteiger partial charge is 0.230 e. The largest absolute Gasteiger partial charge is 0.332 e. The summed E-state index contributed by atoms with van der Waals surface area (Å²) in [6.45, 7) is 6.02. The van der Waals surface area contributed by atoms with Gasteiger partial charge in [0.2, 0.25) is 5.91 Å². The van der Waals surface area contributed by atoms with Crippen LogP contribution in [0.4, 0.5) is 20.9 Å². The maximum absolute atomic E-state index is 12.9. The average Bonchev–Trinajstić information content (AvgIpc) is 3.00.